The van der Waals surface area contributed by atoms with Gasteiger partial charge in [0.05, 0.1) is 0 Å². The fourth-order valence-corrected chi connectivity index (χ4v) is 3.46. The summed E-state index contributed by atoms with van der Waals surface area (Å²) in [5, 5.41) is 11.8. The maximum atomic E-state index is 12.5. The van der Waals surface area contributed by atoms with Crippen LogP contribution in [0, 0.1) is 5.41 Å². The van der Waals surface area contributed by atoms with Crippen molar-refractivity contribution in [3.05, 3.63) is 6.20 Å². The Morgan fingerprint density at radius 3 is 2.60 bits per heavy atom. The lowest BCUT2D eigenvalue weighted by Gasteiger charge is -2.25. The van der Waals surface area contributed by atoms with Crippen molar-refractivity contribution in [3.8, 4) is 0 Å². The first-order chi connectivity index (χ1) is 9.28. The first-order valence-electron chi connectivity index (χ1n) is 6.66. The molecule has 0 aromatic carbocycles. The lowest BCUT2D eigenvalue weighted by atomic mass is 9.82. The minimum absolute atomic E-state index is 0.0136. The summed E-state index contributed by atoms with van der Waals surface area (Å²) >= 11 is 0. The van der Waals surface area contributed by atoms with Gasteiger partial charge in [-0.05, 0) is 19.3 Å². The van der Waals surface area contributed by atoms with Gasteiger partial charge in [-0.3, -0.25) is 9.48 Å². The average molecular weight is 300 g/mol. The number of hydrogen-bond donors (Lipinski definition) is 2. The first kappa shape index (κ1) is 15.0. The van der Waals surface area contributed by atoms with Crippen LogP contribution in [0.4, 0.5) is 5.82 Å². The number of hydrogen-bond acceptors (Lipinski definition) is 4. The number of amides is 1. The fourth-order valence-electron chi connectivity index (χ4n) is 2.79. The number of nitrogens with one attached hydrogen (secondary N) is 1. The van der Waals surface area contributed by atoms with Crippen LogP contribution in [0.15, 0.2) is 11.1 Å². The van der Waals surface area contributed by atoms with Gasteiger partial charge in [-0.15, -0.1) is 0 Å². The highest BCUT2D eigenvalue weighted by Gasteiger charge is 2.40. The van der Waals surface area contributed by atoms with Gasteiger partial charge >= 0.3 is 0 Å². The van der Waals surface area contributed by atoms with Gasteiger partial charge in [-0.25, -0.2) is 13.6 Å². The van der Waals surface area contributed by atoms with Crippen molar-refractivity contribution in [2.24, 2.45) is 17.6 Å². The molecule has 7 nitrogen and oxygen atoms in total. The molecule has 8 heteroatoms. The zero-order valence-electron chi connectivity index (χ0n) is 11.7. The second-order valence-corrected chi connectivity index (χ2v) is 6.89. The Kier molecular flexibility index (Phi) is 3.88. The van der Waals surface area contributed by atoms with Crippen LogP contribution >= 0.6 is 0 Å². The van der Waals surface area contributed by atoms with E-state index in [0.717, 1.165) is 32.1 Å². The van der Waals surface area contributed by atoms with Crippen molar-refractivity contribution >= 4 is 21.7 Å². The maximum Gasteiger partial charge on any atom is 0.243 e. The molecule has 20 heavy (non-hydrogen) atoms. The van der Waals surface area contributed by atoms with Crippen LogP contribution in [-0.4, -0.2) is 24.1 Å². The van der Waals surface area contributed by atoms with E-state index < -0.39 is 15.4 Å². The van der Waals surface area contributed by atoms with Crippen LogP contribution in [-0.2, 0) is 21.9 Å². The lowest BCUT2D eigenvalue weighted by Crippen LogP contribution is -2.34. The van der Waals surface area contributed by atoms with Gasteiger partial charge in [0.2, 0.25) is 15.9 Å². The Morgan fingerprint density at radius 1 is 1.50 bits per heavy atom. The predicted molar refractivity (Wildman–Crippen MR) is 74.4 cm³/mol. The summed E-state index contributed by atoms with van der Waals surface area (Å²) in [7, 11) is -2.33. The Morgan fingerprint density at radius 2 is 2.10 bits per heavy atom. The molecule has 1 aliphatic carbocycles. The molecule has 112 valence electrons. The second kappa shape index (κ2) is 5.17. The molecular formula is C12H20N4O3S. The van der Waals surface area contributed by atoms with E-state index in [9.17, 15) is 13.2 Å². The molecule has 0 spiro atoms. The lowest BCUT2D eigenvalue weighted by molar-refractivity contribution is -0.125. The minimum Gasteiger partial charge on any atom is -0.308 e. The molecule has 1 aliphatic rings. The standard InChI is InChI=1S/C12H20N4O3S/c1-3-12(6-4-5-7-12)11(17)14-10-9(20(13,18)19)8-16(2)15-10/h8H,3-7H2,1-2H3,(H2,13,18,19)(H,14,15,17). The summed E-state index contributed by atoms with van der Waals surface area (Å²) in [5.74, 6) is -0.152. The Balaban J connectivity index is 2.29. The number of sulfonamides is 1. The summed E-state index contributed by atoms with van der Waals surface area (Å²) in [6, 6.07) is 0. The third-order valence-corrected chi connectivity index (χ3v) is 4.96. The van der Waals surface area contributed by atoms with E-state index in [-0.39, 0.29) is 16.6 Å². The van der Waals surface area contributed by atoms with Crippen molar-refractivity contribution in [2.75, 3.05) is 5.32 Å². The van der Waals surface area contributed by atoms with E-state index in [4.69, 9.17) is 5.14 Å². The average Bonchev–Trinajstić information content (AvgIpc) is 2.95. The molecule has 1 heterocycles. The maximum absolute atomic E-state index is 12.5. The number of carbonyl (C=O) groups is 1. The molecule has 3 N–H and O–H groups in total. The molecule has 0 unspecified atom stereocenters. The van der Waals surface area contributed by atoms with Crippen molar-refractivity contribution in [2.45, 2.75) is 43.9 Å². The van der Waals surface area contributed by atoms with Crippen LogP contribution < -0.4 is 10.5 Å². The van der Waals surface area contributed by atoms with Gasteiger partial charge in [0.25, 0.3) is 0 Å². The van der Waals surface area contributed by atoms with Crippen LogP contribution in [0.2, 0.25) is 0 Å². The van der Waals surface area contributed by atoms with Crippen molar-refractivity contribution in [1.29, 1.82) is 0 Å². The van der Waals surface area contributed by atoms with E-state index in [1.807, 2.05) is 6.92 Å². The molecule has 1 aromatic heterocycles. The minimum atomic E-state index is -3.91. The third kappa shape index (κ3) is 2.71. The molecule has 0 aliphatic heterocycles. The molecule has 0 saturated heterocycles. The Bertz CT molecular complexity index is 615. The fraction of sp³-hybridized carbons (Fsp3) is 0.667. The van der Waals surface area contributed by atoms with Crippen LogP contribution in [0.5, 0.6) is 0 Å². The molecule has 2 rings (SSSR count). The highest BCUT2D eigenvalue weighted by molar-refractivity contribution is 7.89. The van der Waals surface area contributed by atoms with E-state index >= 15 is 0 Å². The number of aryl methyl sites for hydroxylation is 1. The van der Waals surface area contributed by atoms with E-state index in [2.05, 4.69) is 10.4 Å². The van der Waals surface area contributed by atoms with Gasteiger partial charge in [0.15, 0.2) is 5.82 Å². The van der Waals surface area contributed by atoms with E-state index in [0.29, 0.717) is 0 Å². The smallest absolute Gasteiger partial charge is 0.243 e. The highest BCUT2D eigenvalue weighted by atomic mass is 32.2. The quantitative estimate of drug-likeness (QED) is 0.864. The summed E-state index contributed by atoms with van der Waals surface area (Å²) < 4.78 is 24.3. The number of anilines is 1. The SMILES string of the molecule is CCC1(C(=O)Nc2nn(C)cc2S(N)(=O)=O)CCCC1. The van der Waals surface area contributed by atoms with Gasteiger partial charge in [0, 0.05) is 18.7 Å². The summed E-state index contributed by atoms with van der Waals surface area (Å²) in [4.78, 5) is 12.3. The Labute approximate surface area is 118 Å². The zero-order chi connectivity index (χ0) is 15.0. The van der Waals surface area contributed by atoms with Crippen LogP contribution in [0.25, 0.3) is 0 Å². The topological polar surface area (TPSA) is 107 Å². The number of nitrogens with two attached hydrogens (primary N) is 1. The van der Waals surface area contributed by atoms with Gasteiger partial charge in [0.1, 0.15) is 4.90 Å². The van der Waals surface area contributed by atoms with E-state index in [1.54, 1.807) is 7.05 Å². The monoisotopic (exact) mass is 300 g/mol. The number of carbonyl (C=O) groups excluding carboxylic acids is 1. The number of nitrogens with zero attached hydrogens (tertiary/aromatic N) is 2. The normalized spacial score (nSPS) is 18.1. The third-order valence-electron chi connectivity index (χ3n) is 4.05. The molecule has 0 atom stereocenters. The molecule has 1 fully saturated rings. The van der Waals surface area contributed by atoms with Crippen molar-refractivity contribution in [1.82, 2.24) is 9.78 Å². The summed E-state index contributed by atoms with van der Waals surface area (Å²) in [6.07, 6.45) is 5.71. The summed E-state index contributed by atoms with van der Waals surface area (Å²) in [5.41, 5.74) is -0.410. The van der Waals surface area contributed by atoms with E-state index in [1.165, 1.54) is 10.9 Å². The van der Waals surface area contributed by atoms with Gasteiger partial charge in [-0.1, -0.05) is 19.8 Å². The highest BCUT2D eigenvalue weighted by Crippen LogP contribution is 2.42. The van der Waals surface area contributed by atoms with Crippen LogP contribution in [0.1, 0.15) is 39.0 Å². The number of primary sulfonamides is 1. The number of aromatic nitrogens is 2. The molecule has 0 bridgehead atoms. The first-order valence-corrected chi connectivity index (χ1v) is 8.21. The molecule has 1 saturated carbocycles. The summed E-state index contributed by atoms with van der Waals surface area (Å²) in [6.45, 7) is 1.98. The Hall–Kier alpha value is -1.41. The van der Waals surface area contributed by atoms with Crippen LogP contribution in [0.3, 0.4) is 0 Å². The predicted octanol–water partition coefficient (Wildman–Crippen LogP) is 0.976. The molecule has 0 radical (unpaired) electrons. The van der Waals surface area contributed by atoms with Gasteiger partial charge in [-0.2, -0.15) is 5.10 Å². The molecular weight excluding hydrogens is 280 g/mol. The van der Waals surface area contributed by atoms with Crippen molar-refractivity contribution in [3.63, 3.8) is 0 Å². The molecule has 1 aromatic rings. The zero-order valence-corrected chi connectivity index (χ0v) is 12.5. The molecule has 1 amide bonds. The second-order valence-electron chi connectivity index (χ2n) is 5.36. The number of rotatable bonds is 4. The van der Waals surface area contributed by atoms with Gasteiger partial charge < -0.3 is 5.32 Å². The largest absolute Gasteiger partial charge is 0.308 e. The van der Waals surface area contributed by atoms with Crippen molar-refractivity contribution < 1.29 is 13.2 Å².